The molecule has 0 heterocycles. The van der Waals surface area contributed by atoms with Gasteiger partial charge < -0.3 is 5.32 Å². The van der Waals surface area contributed by atoms with Crippen LogP contribution in [0.3, 0.4) is 0 Å². The van der Waals surface area contributed by atoms with Gasteiger partial charge in [-0.1, -0.05) is 50.6 Å². The van der Waals surface area contributed by atoms with Gasteiger partial charge in [0.15, 0.2) is 9.84 Å². The quantitative estimate of drug-likeness (QED) is 0.832. The summed E-state index contributed by atoms with van der Waals surface area (Å²) in [6.45, 7) is 3.70. The molecule has 0 saturated heterocycles. The Kier molecular flexibility index (Phi) is 6.22. The van der Waals surface area contributed by atoms with Crippen molar-refractivity contribution in [2.75, 3.05) is 11.5 Å². The van der Waals surface area contributed by atoms with Gasteiger partial charge in [0, 0.05) is 6.04 Å². The summed E-state index contributed by atoms with van der Waals surface area (Å²) in [5, 5.41) is 2.96. The van der Waals surface area contributed by atoms with Gasteiger partial charge in [-0.2, -0.15) is 0 Å². The minimum absolute atomic E-state index is 0.0464. The zero-order valence-corrected chi connectivity index (χ0v) is 14.8. The van der Waals surface area contributed by atoms with Crippen molar-refractivity contribution >= 4 is 15.7 Å². The molecule has 1 aliphatic carbocycles. The monoisotopic (exact) mass is 337 g/mol. The molecule has 4 nitrogen and oxygen atoms in total. The molecule has 5 heteroatoms. The molecule has 1 aromatic carbocycles. The van der Waals surface area contributed by atoms with Gasteiger partial charge in [-0.05, 0) is 36.7 Å². The summed E-state index contributed by atoms with van der Waals surface area (Å²) in [4.78, 5) is 12.1. The number of carbonyl (C=O) groups excluding carboxylic acids is 1. The van der Waals surface area contributed by atoms with E-state index in [2.05, 4.69) is 17.4 Å². The lowest BCUT2D eigenvalue weighted by Gasteiger charge is -2.21. The van der Waals surface area contributed by atoms with Crippen molar-refractivity contribution in [2.45, 2.75) is 45.6 Å². The summed E-state index contributed by atoms with van der Waals surface area (Å²) < 4.78 is 23.9. The van der Waals surface area contributed by atoms with E-state index in [1.165, 1.54) is 5.56 Å². The van der Waals surface area contributed by atoms with E-state index < -0.39 is 9.84 Å². The zero-order valence-electron chi connectivity index (χ0n) is 14.0. The molecule has 1 saturated carbocycles. The molecule has 1 fully saturated rings. The molecule has 0 unspecified atom stereocenters. The van der Waals surface area contributed by atoms with Crippen molar-refractivity contribution in [3.8, 4) is 0 Å². The Morgan fingerprint density at radius 2 is 1.91 bits per heavy atom. The van der Waals surface area contributed by atoms with Crippen molar-refractivity contribution in [1.82, 2.24) is 5.32 Å². The highest BCUT2D eigenvalue weighted by Crippen LogP contribution is 2.28. The average Bonchev–Trinajstić information content (AvgIpc) is 2.84. The predicted octanol–water partition coefficient (Wildman–Crippen LogP) is 2.58. The van der Waals surface area contributed by atoms with Gasteiger partial charge in [-0.25, -0.2) is 8.42 Å². The van der Waals surface area contributed by atoms with Crippen molar-refractivity contribution in [3.05, 3.63) is 35.9 Å². The number of sulfone groups is 1. The van der Waals surface area contributed by atoms with Gasteiger partial charge in [0.1, 0.15) is 5.75 Å². The SMILES string of the molecule is CC(C)CS(=O)(=O)CC(=O)N[C@H]1CCC[C@H]1Cc1ccccc1. The van der Waals surface area contributed by atoms with Crippen LogP contribution in [0.25, 0.3) is 0 Å². The first kappa shape index (κ1) is 18.0. The highest BCUT2D eigenvalue weighted by Gasteiger charge is 2.29. The van der Waals surface area contributed by atoms with Crippen LogP contribution in [-0.2, 0) is 21.1 Å². The van der Waals surface area contributed by atoms with Gasteiger partial charge in [-0.15, -0.1) is 0 Å². The van der Waals surface area contributed by atoms with E-state index in [4.69, 9.17) is 0 Å². The molecule has 128 valence electrons. The summed E-state index contributed by atoms with van der Waals surface area (Å²) >= 11 is 0. The molecular formula is C18H27NO3S. The summed E-state index contributed by atoms with van der Waals surface area (Å²) in [5.74, 6) is -0.229. The van der Waals surface area contributed by atoms with Crippen LogP contribution in [0.2, 0.25) is 0 Å². The lowest BCUT2D eigenvalue weighted by atomic mass is 9.94. The minimum atomic E-state index is -3.31. The van der Waals surface area contributed by atoms with Crippen molar-refractivity contribution in [2.24, 2.45) is 11.8 Å². The molecule has 0 aliphatic heterocycles. The average molecular weight is 337 g/mol. The van der Waals surface area contributed by atoms with E-state index in [1.54, 1.807) is 0 Å². The maximum absolute atomic E-state index is 12.1. The van der Waals surface area contributed by atoms with Crippen LogP contribution in [0.4, 0.5) is 0 Å². The van der Waals surface area contributed by atoms with Crippen LogP contribution in [0, 0.1) is 11.8 Å². The van der Waals surface area contributed by atoms with E-state index in [0.29, 0.717) is 5.92 Å². The number of nitrogens with one attached hydrogen (secondary N) is 1. The fourth-order valence-electron chi connectivity index (χ4n) is 3.40. The molecule has 0 aromatic heterocycles. The molecule has 0 bridgehead atoms. The van der Waals surface area contributed by atoms with Crippen LogP contribution < -0.4 is 5.32 Å². The molecule has 2 atom stereocenters. The van der Waals surface area contributed by atoms with Gasteiger partial charge in [-0.3, -0.25) is 4.79 Å². The van der Waals surface area contributed by atoms with Gasteiger partial charge in [0.25, 0.3) is 0 Å². The molecule has 23 heavy (non-hydrogen) atoms. The van der Waals surface area contributed by atoms with Gasteiger partial charge >= 0.3 is 0 Å². The Balaban J connectivity index is 1.89. The predicted molar refractivity (Wildman–Crippen MR) is 92.9 cm³/mol. The third-order valence-corrected chi connectivity index (χ3v) is 6.16. The number of carbonyl (C=O) groups is 1. The molecule has 0 spiro atoms. The molecular weight excluding hydrogens is 310 g/mol. The topological polar surface area (TPSA) is 63.2 Å². The Morgan fingerprint density at radius 3 is 2.57 bits per heavy atom. The van der Waals surface area contributed by atoms with Crippen LogP contribution in [0.5, 0.6) is 0 Å². The second-order valence-corrected chi connectivity index (χ2v) is 9.11. The van der Waals surface area contributed by atoms with E-state index in [9.17, 15) is 13.2 Å². The highest BCUT2D eigenvalue weighted by atomic mass is 32.2. The standard InChI is InChI=1S/C18H27NO3S/c1-14(2)12-23(21,22)13-18(20)19-17-10-6-9-16(17)11-15-7-4-3-5-8-15/h3-5,7-8,14,16-17H,6,9-13H2,1-2H3,(H,19,20)/t16-,17-/m0/s1. The van der Waals surface area contributed by atoms with Crippen molar-refractivity contribution in [3.63, 3.8) is 0 Å². The van der Waals surface area contributed by atoms with Gasteiger partial charge in [0.2, 0.25) is 5.91 Å². The number of rotatable bonds is 7. The second-order valence-electron chi connectivity index (χ2n) is 7.00. The molecule has 1 N–H and O–H groups in total. The van der Waals surface area contributed by atoms with E-state index in [0.717, 1.165) is 25.7 Å². The molecule has 2 rings (SSSR count). The number of hydrogen-bond acceptors (Lipinski definition) is 3. The minimum Gasteiger partial charge on any atom is -0.352 e. The first-order chi connectivity index (χ1) is 10.9. The maximum Gasteiger partial charge on any atom is 0.235 e. The van der Waals surface area contributed by atoms with Gasteiger partial charge in [0.05, 0.1) is 5.75 Å². The summed E-state index contributed by atoms with van der Waals surface area (Å²) in [6, 6.07) is 10.3. The first-order valence-corrected chi connectivity index (χ1v) is 10.2. The van der Waals surface area contributed by atoms with Crippen molar-refractivity contribution in [1.29, 1.82) is 0 Å². The third-order valence-electron chi connectivity index (χ3n) is 4.28. The largest absolute Gasteiger partial charge is 0.352 e. The van der Waals surface area contributed by atoms with Crippen LogP contribution >= 0.6 is 0 Å². The summed E-state index contributed by atoms with van der Waals surface area (Å²) in [7, 11) is -3.31. The molecule has 1 aromatic rings. The highest BCUT2D eigenvalue weighted by molar-refractivity contribution is 7.92. The fraction of sp³-hybridized carbons (Fsp3) is 0.611. The number of amides is 1. The Morgan fingerprint density at radius 1 is 1.22 bits per heavy atom. The van der Waals surface area contributed by atoms with E-state index >= 15 is 0 Å². The number of benzene rings is 1. The van der Waals surface area contributed by atoms with E-state index in [-0.39, 0.29) is 29.4 Å². The smallest absolute Gasteiger partial charge is 0.235 e. The third kappa shape index (κ3) is 5.98. The maximum atomic E-state index is 12.1. The second kappa shape index (κ2) is 7.95. The molecule has 1 amide bonds. The van der Waals surface area contributed by atoms with Crippen molar-refractivity contribution < 1.29 is 13.2 Å². The first-order valence-electron chi connectivity index (χ1n) is 8.39. The Labute approximate surface area is 139 Å². The summed E-state index contributed by atoms with van der Waals surface area (Å²) in [5.41, 5.74) is 1.27. The van der Waals surface area contributed by atoms with Crippen LogP contribution in [-0.4, -0.2) is 31.9 Å². The summed E-state index contributed by atoms with van der Waals surface area (Å²) in [6.07, 6.45) is 4.04. The normalized spacial score (nSPS) is 21.5. The van der Waals surface area contributed by atoms with Crippen LogP contribution in [0.1, 0.15) is 38.7 Å². The fourth-order valence-corrected chi connectivity index (χ4v) is 5.02. The lowest BCUT2D eigenvalue weighted by molar-refractivity contribution is -0.119. The molecule has 1 aliphatic rings. The lowest BCUT2D eigenvalue weighted by Crippen LogP contribution is -2.41. The van der Waals surface area contributed by atoms with E-state index in [1.807, 2.05) is 32.0 Å². The Hall–Kier alpha value is -1.36. The zero-order chi connectivity index (χ0) is 16.9. The van der Waals surface area contributed by atoms with Crippen LogP contribution in [0.15, 0.2) is 30.3 Å². The number of hydrogen-bond donors (Lipinski definition) is 1. The molecule has 0 radical (unpaired) electrons. The Bertz CT molecular complexity index is 610.